The van der Waals surface area contributed by atoms with Gasteiger partial charge in [-0.15, -0.1) is 11.3 Å². The van der Waals surface area contributed by atoms with E-state index in [0.717, 1.165) is 25.4 Å². The van der Waals surface area contributed by atoms with Crippen molar-refractivity contribution in [3.05, 3.63) is 16.1 Å². The van der Waals surface area contributed by atoms with Crippen molar-refractivity contribution in [1.82, 2.24) is 10.3 Å². The molecule has 0 atom stereocenters. The Labute approximate surface area is 96.1 Å². The summed E-state index contributed by atoms with van der Waals surface area (Å²) in [5.74, 6) is 0.780. The molecule has 1 heterocycles. The Morgan fingerprint density at radius 2 is 2.27 bits per heavy atom. The summed E-state index contributed by atoms with van der Waals surface area (Å²) in [4.78, 5) is 4.74. The van der Waals surface area contributed by atoms with Crippen LogP contribution < -0.4 is 5.32 Å². The molecule has 3 heteroatoms. The van der Waals surface area contributed by atoms with Gasteiger partial charge in [0.25, 0.3) is 0 Å². The van der Waals surface area contributed by atoms with Gasteiger partial charge >= 0.3 is 0 Å². The van der Waals surface area contributed by atoms with E-state index in [1.807, 2.05) is 11.3 Å². The summed E-state index contributed by atoms with van der Waals surface area (Å²) in [6.45, 7) is 4.26. The molecule has 0 aliphatic heterocycles. The molecule has 0 radical (unpaired) electrons. The van der Waals surface area contributed by atoms with Crippen molar-refractivity contribution in [2.45, 2.75) is 44.9 Å². The fraction of sp³-hybridized carbons (Fsp3) is 0.750. The summed E-state index contributed by atoms with van der Waals surface area (Å²) in [7, 11) is 0. The zero-order valence-electron chi connectivity index (χ0n) is 9.46. The van der Waals surface area contributed by atoms with E-state index in [0.29, 0.717) is 0 Å². The quantitative estimate of drug-likeness (QED) is 0.778. The smallest absolute Gasteiger partial charge is 0.0959 e. The molecule has 0 saturated heterocycles. The second-order valence-corrected chi connectivity index (χ2v) is 5.15. The Bertz CT molecular complexity index is 290. The highest BCUT2D eigenvalue weighted by Crippen LogP contribution is 2.35. The van der Waals surface area contributed by atoms with Gasteiger partial charge in [-0.25, -0.2) is 4.98 Å². The summed E-state index contributed by atoms with van der Waals surface area (Å²) in [5, 5.41) is 6.97. The van der Waals surface area contributed by atoms with Gasteiger partial charge in [-0.2, -0.15) is 0 Å². The summed E-state index contributed by atoms with van der Waals surface area (Å²) >= 11 is 1.87. The van der Waals surface area contributed by atoms with Crippen LogP contribution in [0.15, 0.2) is 5.38 Å². The normalized spacial score (nSPS) is 17.4. The van der Waals surface area contributed by atoms with Gasteiger partial charge < -0.3 is 5.32 Å². The first-order valence-corrected chi connectivity index (χ1v) is 6.93. The fourth-order valence-electron chi connectivity index (χ4n) is 2.19. The number of hydrogen-bond donors (Lipinski definition) is 1. The van der Waals surface area contributed by atoms with Gasteiger partial charge in [0.05, 0.1) is 10.7 Å². The van der Waals surface area contributed by atoms with Crippen LogP contribution in [0.1, 0.15) is 49.2 Å². The zero-order chi connectivity index (χ0) is 10.5. The highest BCUT2D eigenvalue weighted by atomic mass is 32.1. The maximum absolute atomic E-state index is 4.74. The molecule has 0 spiro atoms. The predicted octanol–water partition coefficient (Wildman–Crippen LogP) is 2.95. The van der Waals surface area contributed by atoms with Crippen molar-refractivity contribution in [2.24, 2.45) is 0 Å². The Hall–Kier alpha value is -0.410. The van der Waals surface area contributed by atoms with Crippen LogP contribution in [0.5, 0.6) is 0 Å². The molecule has 2 nitrogen and oxygen atoms in total. The first-order chi connectivity index (χ1) is 7.40. The van der Waals surface area contributed by atoms with Crippen molar-refractivity contribution in [1.29, 1.82) is 0 Å². The molecule has 15 heavy (non-hydrogen) atoms. The molecule has 84 valence electrons. The van der Waals surface area contributed by atoms with Crippen molar-refractivity contribution in [2.75, 3.05) is 13.1 Å². The van der Waals surface area contributed by atoms with Gasteiger partial charge in [0.15, 0.2) is 0 Å². The van der Waals surface area contributed by atoms with E-state index < -0.39 is 0 Å². The van der Waals surface area contributed by atoms with Crippen molar-refractivity contribution in [3.63, 3.8) is 0 Å². The Morgan fingerprint density at radius 3 is 3.00 bits per heavy atom. The SMILES string of the molecule is CCNCCc1csc(C2CCCC2)n1. The summed E-state index contributed by atoms with van der Waals surface area (Å²) in [6.07, 6.45) is 6.60. The number of nitrogens with one attached hydrogen (secondary N) is 1. The first-order valence-electron chi connectivity index (χ1n) is 6.05. The third kappa shape index (κ3) is 3.02. The van der Waals surface area contributed by atoms with Gasteiger partial charge in [-0.05, 0) is 19.4 Å². The second-order valence-electron chi connectivity index (χ2n) is 4.26. The topological polar surface area (TPSA) is 24.9 Å². The molecule has 0 unspecified atom stereocenters. The first kappa shape index (κ1) is 11.1. The van der Waals surface area contributed by atoms with E-state index in [1.165, 1.54) is 36.4 Å². The van der Waals surface area contributed by atoms with E-state index in [9.17, 15) is 0 Å². The molecule has 1 aromatic rings. The average Bonchev–Trinajstić information content (AvgIpc) is 2.87. The molecule has 0 bridgehead atoms. The van der Waals surface area contributed by atoms with Gasteiger partial charge in [0.1, 0.15) is 0 Å². The average molecular weight is 224 g/mol. The van der Waals surface area contributed by atoms with Crippen molar-refractivity contribution >= 4 is 11.3 Å². The van der Waals surface area contributed by atoms with Gasteiger partial charge in [0.2, 0.25) is 0 Å². The van der Waals surface area contributed by atoms with Crippen LogP contribution in [-0.2, 0) is 6.42 Å². The highest BCUT2D eigenvalue weighted by molar-refractivity contribution is 7.09. The molecular formula is C12H20N2S. The zero-order valence-corrected chi connectivity index (χ0v) is 10.3. The molecule has 1 fully saturated rings. The molecule has 1 saturated carbocycles. The maximum atomic E-state index is 4.74. The third-order valence-corrected chi connectivity index (χ3v) is 4.14. The number of rotatable bonds is 5. The van der Waals surface area contributed by atoms with E-state index in [4.69, 9.17) is 4.98 Å². The Kier molecular flexibility index (Phi) is 4.15. The molecule has 0 aromatic carbocycles. The van der Waals surface area contributed by atoms with Crippen LogP contribution in [0.2, 0.25) is 0 Å². The lowest BCUT2D eigenvalue weighted by Gasteiger charge is -2.02. The minimum absolute atomic E-state index is 0.780. The molecule has 2 rings (SSSR count). The van der Waals surface area contributed by atoms with Crippen LogP contribution in [-0.4, -0.2) is 18.1 Å². The number of hydrogen-bond acceptors (Lipinski definition) is 3. The fourth-order valence-corrected chi connectivity index (χ4v) is 3.22. The van der Waals surface area contributed by atoms with Crippen LogP contribution in [0.25, 0.3) is 0 Å². The van der Waals surface area contributed by atoms with Gasteiger partial charge in [0, 0.05) is 24.3 Å². The van der Waals surface area contributed by atoms with Crippen molar-refractivity contribution < 1.29 is 0 Å². The number of nitrogens with zero attached hydrogens (tertiary/aromatic N) is 1. The van der Waals surface area contributed by atoms with Crippen LogP contribution >= 0.6 is 11.3 Å². The van der Waals surface area contributed by atoms with E-state index in [-0.39, 0.29) is 0 Å². The molecule has 1 aromatic heterocycles. The summed E-state index contributed by atoms with van der Waals surface area (Å²) in [5.41, 5.74) is 1.28. The van der Waals surface area contributed by atoms with E-state index >= 15 is 0 Å². The van der Waals surface area contributed by atoms with Gasteiger partial charge in [-0.3, -0.25) is 0 Å². The standard InChI is InChI=1S/C12H20N2S/c1-2-13-8-7-11-9-15-12(14-11)10-5-3-4-6-10/h9-10,13H,2-8H2,1H3. The molecule has 0 amide bonds. The second kappa shape index (κ2) is 5.61. The minimum atomic E-state index is 0.780. The minimum Gasteiger partial charge on any atom is -0.317 e. The van der Waals surface area contributed by atoms with Crippen LogP contribution in [0.3, 0.4) is 0 Å². The Balaban J connectivity index is 1.86. The van der Waals surface area contributed by atoms with Crippen molar-refractivity contribution in [3.8, 4) is 0 Å². The lowest BCUT2D eigenvalue weighted by Crippen LogP contribution is -2.16. The number of aromatic nitrogens is 1. The lowest BCUT2D eigenvalue weighted by molar-refractivity contribution is 0.691. The third-order valence-electron chi connectivity index (χ3n) is 3.08. The number of likely N-dealkylation sites (N-methyl/N-ethyl adjacent to an activating group) is 1. The Morgan fingerprint density at radius 1 is 1.47 bits per heavy atom. The molecular weight excluding hydrogens is 204 g/mol. The van der Waals surface area contributed by atoms with Crippen LogP contribution in [0, 0.1) is 0 Å². The predicted molar refractivity (Wildman–Crippen MR) is 65.6 cm³/mol. The monoisotopic (exact) mass is 224 g/mol. The molecule has 1 aliphatic carbocycles. The molecule has 1 aliphatic rings. The van der Waals surface area contributed by atoms with Gasteiger partial charge in [-0.1, -0.05) is 19.8 Å². The van der Waals surface area contributed by atoms with E-state index in [2.05, 4.69) is 17.6 Å². The lowest BCUT2D eigenvalue weighted by atomic mass is 10.1. The summed E-state index contributed by atoms with van der Waals surface area (Å²) in [6, 6.07) is 0. The highest BCUT2D eigenvalue weighted by Gasteiger charge is 2.19. The van der Waals surface area contributed by atoms with E-state index in [1.54, 1.807) is 0 Å². The summed E-state index contributed by atoms with van der Waals surface area (Å²) < 4.78 is 0. The largest absolute Gasteiger partial charge is 0.317 e. The van der Waals surface area contributed by atoms with Crippen LogP contribution in [0.4, 0.5) is 0 Å². The number of thiazole rings is 1. The maximum Gasteiger partial charge on any atom is 0.0959 e. The molecule has 1 N–H and O–H groups in total.